The Labute approximate surface area is 181 Å². The number of benzene rings is 1. The number of nitrogens with two attached hydrogens (primary N) is 1. The number of nitrogens with zero attached hydrogens (tertiary/aromatic N) is 2. The van der Waals surface area contributed by atoms with E-state index in [0.29, 0.717) is 42.2 Å². The molecule has 2 rings (SSSR count). The Morgan fingerprint density at radius 3 is 2.72 bits per heavy atom. The van der Waals surface area contributed by atoms with Crippen LogP contribution in [0.1, 0.15) is 27.2 Å². The van der Waals surface area contributed by atoms with Gasteiger partial charge in [-0.15, -0.1) is 0 Å². The maximum atomic E-state index is 13.1. The molecule has 3 amide bonds. The Hall–Kier alpha value is -1.91. The van der Waals surface area contributed by atoms with Gasteiger partial charge in [-0.25, -0.2) is 9.78 Å². The fourth-order valence-electron chi connectivity index (χ4n) is 2.73. The van der Waals surface area contributed by atoms with Gasteiger partial charge >= 0.3 is 6.03 Å². The number of halogens is 1. The van der Waals surface area contributed by atoms with Crippen LogP contribution in [0.5, 0.6) is 0 Å². The van der Waals surface area contributed by atoms with Gasteiger partial charge in [0.15, 0.2) is 5.16 Å². The largest absolute Gasteiger partial charge is 0.382 e. The van der Waals surface area contributed by atoms with Crippen molar-refractivity contribution in [2.45, 2.75) is 44.1 Å². The summed E-state index contributed by atoms with van der Waals surface area (Å²) in [4.78, 5) is 41.3. The molecule has 1 atom stereocenters. The molecule has 1 aromatic heterocycles. The molecule has 10 heteroatoms. The van der Waals surface area contributed by atoms with Gasteiger partial charge in [0.05, 0.1) is 16.2 Å². The van der Waals surface area contributed by atoms with Crippen LogP contribution in [0.3, 0.4) is 0 Å². The fourth-order valence-corrected chi connectivity index (χ4v) is 4.21. The number of hydrogen-bond acceptors (Lipinski definition) is 6. The number of rotatable bonds is 9. The van der Waals surface area contributed by atoms with Gasteiger partial charge < -0.3 is 10.5 Å². The number of nitrogens with one attached hydrogen (secondary N) is 1. The summed E-state index contributed by atoms with van der Waals surface area (Å²) in [6.07, 6.45) is 0.627. The minimum atomic E-state index is -0.910. The quantitative estimate of drug-likeness (QED) is 0.321. The van der Waals surface area contributed by atoms with E-state index in [9.17, 15) is 14.4 Å². The molecule has 2 aromatic rings. The first kappa shape index (κ1) is 23.4. The van der Waals surface area contributed by atoms with Crippen LogP contribution in [0.4, 0.5) is 4.79 Å². The molecule has 0 saturated heterocycles. The summed E-state index contributed by atoms with van der Waals surface area (Å²) in [6, 6.07) is 4.38. The summed E-state index contributed by atoms with van der Waals surface area (Å²) >= 11 is 4.54. The average Bonchev–Trinajstić information content (AvgIpc) is 2.64. The zero-order valence-corrected chi connectivity index (χ0v) is 19.0. The number of thioether (sulfide) groups is 1. The lowest BCUT2D eigenvalue weighted by Crippen LogP contribution is -2.42. The van der Waals surface area contributed by atoms with Gasteiger partial charge in [-0.1, -0.05) is 41.5 Å². The minimum absolute atomic E-state index is 0.117. The van der Waals surface area contributed by atoms with Gasteiger partial charge in [0.1, 0.15) is 0 Å². The van der Waals surface area contributed by atoms with Crippen molar-refractivity contribution in [1.29, 1.82) is 0 Å². The normalized spacial score (nSPS) is 12.3. The lowest BCUT2D eigenvalue weighted by atomic mass is 10.1. The average molecular weight is 485 g/mol. The summed E-state index contributed by atoms with van der Waals surface area (Å²) in [5, 5.41) is 2.39. The van der Waals surface area contributed by atoms with Crippen LogP contribution in [0.15, 0.2) is 32.6 Å². The number of urea groups is 1. The summed E-state index contributed by atoms with van der Waals surface area (Å²) in [7, 11) is 0. The lowest BCUT2D eigenvalue weighted by Gasteiger charge is -2.21. The predicted molar refractivity (Wildman–Crippen MR) is 117 cm³/mol. The number of carbonyl (C=O) groups is 2. The molecule has 1 unspecified atom stereocenters. The summed E-state index contributed by atoms with van der Waals surface area (Å²) in [5.74, 6) is -0.628. The molecular formula is C19H25BrN4O4S. The van der Waals surface area contributed by atoms with Gasteiger partial charge in [-0.3, -0.25) is 19.5 Å². The van der Waals surface area contributed by atoms with Crippen molar-refractivity contribution in [3.63, 3.8) is 0 Å². The third-order valence-electron chi connectivity index (χ3n) is 4.10. The topological polar surface area (TPSA) is 116 Å². The van der Waals surface area contributed by atoms with E-state index >= 15 is 0 Å². The van der Waals surface area contributed by atoms with Crippen LogP contribution in [0.2, 0.25) is 0 Å². The Bertz CT molecular complexity index is 948. The Morgan fingerprint density at radius 1 is 1.38 bits per heavy atom. The Balaban J connectivity index is 2.47. The van der Waals surface area contributed by atoms with Gasteiger partial charge in [0.2, 0.25) is 5.91 Å². The Morgan fingerprint density at radius 2 is 2.10 bits per heavy atom. The maximum Gasteiger partial charge on any atom is 0.318 e. The van der Waals surface area contributed by atoms with Crippen molar-refractivity contribution in [3.8, 4) is 0 Å². The molecule has 0 aliphatic rings. The molecule has 0 bridgehead atoms. The summed E-state index contributed by atoms with van der Waals surface area (Å²) in [6.45, 7) is 7.13. The molecule has 0 spiro atoms. The number of carbonyl (C=O) groups excluding carboxylic acids is 2. The molecule has 3 N–H and O–H groups in total. The summed E-state index contributed by atoms with van der Waals surface area (Å²) in [5.41, 5.74) is 5.45. The molecule has 1 heterocycles. The monoisotopic (exact) mass is 484 g/mol. The highest BCUT2D eigenvalue weighted by atomic mass is 79.9. The van der Waals surface area contributed by atoms with E-state index in [1.165, 1.54) is 0 Å². The predicted octanol–water partition coefficient (Wildman–Crippen LogP) is 2.90. The van der Waals surface area contributed by atoms with E-state index in [-0.39, 0.29) is 11.5 Å². The molecule has 29 heavy (non-hydrogen) atoms. The lowest BCUT2D eigenvalue weighted by molar-refractivity contribution is -0.120. The van der Waals surface area contributed by atoms with E-state index in [0.717, 1.165) is 16.2 Å². The molecule has 158 valence electrons. The van der Waals surface area contributed by atoms with Crippen LogP contribution >= 0.6 is 27.7 Å². The van der Waals surface area contributed by atoms with Gasteiger partial charge in [0.25, 0.3) is 5.56 Å². The SMILES string of the molecule is CCOCCCn1c(SC(C(=O)NC(N)=O)C(C)C)nc2ccc(Br)cc2c1=O. The third-order valence-corrected chi connectivity index (χ3v) is 6.13. The second kappa shape index (κ2) is 10.7. The second-order valence-electron chi connectivity index (χ2n) is 6.70. The second-order valence-corrected chi connectivity index (χ2v) is 8.72. The third kappa shape index (κ3) is 6.28. The molecular weight excluding hydrogens is 460 g/mol. The van der Waals surface area contributed by atoms with Gasteiger partial charge in [-0.05, 0) is 37.5 Å². The smallest absolute Gasteiger partial charge is 0.318 e. The summed E-state index contributed by atoms with van der Waals surface area (Å²) < 4.78 is 7.72. The van der Waals surface area contributed by atoms with Crippen LogP contribution < -0.4 is 16.6 Å². The molecule has 0 aliphatic carbocycles. The van der Waals surface area contributed by atoms with E-state index in [4.69, 9.17) is 10.5 Å². The van der Waals surface area contributed by atoms with Crippen LogP contribution in [-0.2, 0) is 16.1 Å². The van der Waals surface area contributed by atoms with E-state index < -0.39 is 17.2 Å². The van der Waals surface area contributed by atoms with Crippen molar-refractivity contribution >= 4 is 50.5 Å². The maximum absolute atomic E-state index is 13.1. The molecule has 8 nitrogen and oxygen atoms in total. The zero-order chi connectivity index (χ0) is 21.6. The number of aromatic nitrogens is 2. The van der Waals surface area contributed by atoms with Crippen molar-refractivity contribution in [2.75, 3.05) is 13.2 Å². The van der Waals surface area contributed by atoms with Gasteiger partial charge in [0, 0.05) is 24.2 Å². The van der Waals surface area contributed by atoms with E-state index in [1.807, 2.05) is 26.8 Å². The molecule has 0 fully saturated rings. The van der Waals surface area contributed by atoms with Crippen LogP contribution in [0.25, 0.3) is 10.9 Å². The molecule has 0 radical (unpaired) electrons. The van der Waals surface area contributed by atoms with Crippen LogP contribution in [0, 0.1) is 5.92 Å². The fraction of sp³-hybridized carbons (Fsp3) is 0.474. The Kier molecular flexibility index (Phi) is 8.66. The number of ether oxygens (including phenoxy) is 1. The minimum Gasteiger partial charge on any atom is -0.382 e. The van der Waals surface area contributed by atoms with Crippen molar-refractivity contribution in [1.82, 2.24) is 14.9 Å². The highest BCUT2D eigenvalue weighted by Crippen LogP contribution is 2.28. The zero-order valence-electron chi connectivity index (χ0n) is 16.6. The van der Waals surface area contributed by atoms with E-state index in [2.05, 4.69) is 26.2 Å². The number of hydrogen-bond donors (Lipinski definition) is 2. The first-order chi connectivity index (χ1) is 13.7. The molecule has 0 aliphatic heterocycles. The van der Waals surface area contributed by atoms with Gasteiger partial charge in [-0.2, -0.15) is 0 Å². The van der Waals surface area contributed by atoms with E-state index in [1.54, 1.807) is 16.7 Å². The standard InChI is InChI=1S/C19H25BrN4O4S/c1-4-28-9-5-8-24-17(26)13-10-12(20)6-7-14(13)22-19(24)29-15(11(2)3)16(25)23-18(21)27/h6-7,10-11,15H,4-5,8-9H2,1-3H3,(H3,21,23,25,27). The first-order valence-electron chi connectivity index (χ1n) is 9.29. The van der Waals surface area contributed by atoms with Crippen LogP contribution in [-0.4, -0.2) is 40.0 Å². The first-order valence-corrected chi connectivity index (χ1v) is 11.0. The molecule has 1 aromatic carbocycles. The molecule has 0 saturated carbocycles. The van der Waals surface area contributed by atoms with Crippen molar-refractivity contribution in [3.05, 3.63) is 33.0 Å². The number of fused-ring (bicyclic) bond motifs is 1. The highest BCUT2D eigenvalue weighted by Gasteiger charge is 2.27. The number of imide groups is 1. The van der Waals surface area contributed by atoms with Crippen molar-refractivity contribution < 1.29 is 14.3 Å². The highest BCUT2D eigenvalue weighted by molar-refractivity contribution is 9.10. The number of amides is 3. The number of primary amides is 1. The van der Waals surface area contributed by atoms with Crippen molar-refractivity contribution in [2.24, 2.45) is 11.7 Å².